The number of nitrogens with two attached hydrogens (primary N) is 1. The van der Waals surface area contributed by atoms with Gasteiger partial charge in [-0.2, -0.15) is 0 Å². The van der Waals surface area contributed by atoms with Crippen LogP contribution in [0.15, 0.2) is 0 Å². The molecule has 98 valence electrons. The van der Waals surface area contributed by atoms with Gasteiger partial charge in [-0.1, -0.05) is 0 Å². The van der Waals surface area contributed by atoms with Gasteiger partial charge in [-0.3, -0.25) is 4.79 Å². The van der Waals surface area contributed by atoms with Crippen LogP contribution in [0.3, 0.4) is 0 Å². The SMILES string of the molecule is C[C@H](N)C(=O)N1CCC(CN(C)C2CC2)CC1. The second-order valence-corrected chi connectivity index (χ2v) is 5.73. The van der Waals surface area contributed by atoms with Gasteiger partial charge in [0.25, 0.3) is 0 Å². The van der Waals surface area contributed by atoms with Crippen LogP contribution in [0.1, 0.15) is 32.6 Å². The molecule has 0 radical (unpaired) electrons. The van der Waals surface area contributed by atoms with Crippen molar-refractivity contribution in [3.8, 4) is 0 Å². The van der Waals surface area contributed by atoms with Gasteiger partial charge >= 0.3 is 0 Å². The lowest BCUT2D eigenvalue weighted by Gasteiger charge is -2.34. The van der Waals surface area contributed by atoms with E-state index < -0.39 is 0 Å². The Morgan fingerprint density at radius 3 is 2.41 bits per heavy atom. The molecule has 4 heteroatoms. The molecule has 0 unspecified atom stereocenters. The van der Waals surface area contributed by atoms with Crippen molar-refractivity contribution in [3.05, 3.63) is 0 Å². The lowest BCUT2D eigenvalue weighted by atomic mass is 9.96. The third kappa shape index (κ3) is 3.42. The first-order chi connectivity index (χ1) is 8.08. The molecule has 1 amide bonds. The first-order valence-electron chi connectivity index (χ1n) is 6.82. The van der Waals surface area contributed by atoms with Gasteiger partial charge in [0.15, 0.2) is 0 Å². The zero-order valence-corrected chi connectivity index (χ0v) is 11.1. The molecule has 2 aliphatic rings. The minimum atomic E-state index is -0.347. The van der Waals surface area contributed by atoms with Crippen LogP contribution in [0.5, 0.6) is 0 Å². The molecule has 1 aliphatic carbocycles. The summed E-state index contributed by atoms with van der Waals surface area (Å²) in [6.07, 6.45) is 5.02. The summed E-state index contributed by atoms with van der Waals surface area (Å²) in [5.74, 6) is 0.872. The topological polar surface area (TPSA) is 49.6 Å². The first-order valence-corrected chi connectivity index (χ1v) is 6.82. The Morgan fingerprint density at radius 2 is 1.94 bits per heavy atom. The van der Waals surface area contributed by atoms with Crippen LogP contribution in [0.2, 0.25) is 0 Å². The lowest BCUT2D eigenvalue weighted by molar-refractivity contribution is -0.133. The van der Waals surface area contributed by atoms with Crippen LogP contribution >= 0.6 is 0 Å². The van der Waals surface area contributed by atoms with Crippen molar-refractivity contribution in [2.75, 3.05) is 26.7 Å². The van der Waals surface area contributed by atoms with Gasteiger partial charge in [0.05, 0.1) is 6.04 Å². The average molecular weight is 239 g/mol. The molecule has 2 fully saturated rings. The highest BCUT2D eigenvalue weighted by Crippen LogP contribution is 2.28. The van der Waals surface area contributed by atoms with E-state index in [0.29, 0.717) is 0 Å². The molecule has 0 bridgehead atoms. The maximum Gasteiger partial charge on any atom is 0.239 e. The van der Waals surface area contributed by atoms with Crippen molar-refractivity contribution in [2.24, 2.45) is 11.7 Å². The van der Waals surface area contributed by atoms with Crippen molar-refractivity contribution >= 4 is 5.91 Å². The number of likely N-dealkylation sites (tertiary alicyclic amines) is 1. The number of hydrogen-bond donors (Lipinski definition) is 1. The van der Waals surface area contributed by atoms with Crippen LogP contribution in [0.4, 0.5) is 0 Å². The maximum atomic E-state index is 11.7. The summed E-state index contributed by atoms with van der Waals surface area (Å²) in [4.78, 5) is 16.2. The fourth-order valence-electron chi connectivity index (χ4n) is 2.70. The summed E-state index contributed by atoms with van der Waals surface area (Å²) >= 11 is 0. The molecule has 2 N–H and O–H groups in total. The molecule has 1 atom stereocenters. The Labute approximate surface area is 104 Å². The van der Waals surface area contributed by atoms with Crippen molar-refractivity contribution in [1.29, 1.82) is 0 Å². The highest BCUT2D eigenvalue weighted by molar-refractivity contribution is 5.81. The smallest absolute Gasteiger partial charge is 0.239 e. The zero-order chi connectivity index (χ0) is 12.4. The monoisotopic (exact) mass is 239 g/mol. The lowest BCUT2D eigenvalue weighted by Crippen LogP contribution is -2.47. The molecular formula is C13H25N3O. The molecule has 1 saturated heterocycles. The molecule has 0 spiro atoms. The van der Waals surface area contributed by atoms with E-state index >= 15 is 0 Å². The molecule has 1 heterocycles. The average Bonchev–Trinajstić information content (AvgIpc) is 3.12. The van der Waals surface area contributed by atoms with Gasteiger partial charge in [0.2, 0.25) is 5.91 Å². The summed E-state index contributed by atoms with van der Waals surface area (Å²) in [5.41, 5.74) is 5.63. The molecule has 0 aromatic heterocycles. The molecule has 0 aromatic rings. The van der Waals surface area contributed by atoms with Gasteiger partial charge < -0.3 is 15.5 Å². The second-order valence-electron chi connectivity index (χ2n) is 5.73. The minimum Gasteiger partial charge on any atom is -0.341 e. The van der Waals surface area contributed by atoms with Gasteiger partial charge in [-0.25, -0.2) is 0 Å². The Morgan fingerprint density at radius 1 is 1.35 bits per heavy atom. The highest BCUT2D eigenvalue weighted by Gasteiger charge is 2.30. The predicted molar refractivity (Wildman–Crippen MR) is 68.6 cm³/mol. The normalized spacial score (nSPS) is 24.1. The van der Waals surface area contributed by atoms with Crippen LogP contribution < -0.4 is 5.73 Å². The fourth-order valence-corrected chi connectivity index (χ4v) is 2.70. The Hall–Kier alpha value is -0.610. The third-order valence-corrected chi connectivity index (χ3v) is 4.03. The number of hydrogen-bond acceptors (Lipinski definition) is 3. The zero-order valence-electron chi connectivity index (χ0n) is 11.1. The quantitative estimate of drug-likeness (QED) is 0.784. The summed E-state index contributed by atoms with van der Waals surface area (Å²) in [6, 6.07) is 0.499. The Balaban J connectivity index is 1.71. The van der Waals surface area contributed by atoms with E-state index in [4.69, 9.17) is 5.73 Å². The fraction of sp³-hybridized carbons (Fsp3) is 0.923. The molecule has 1 aliphatic heterocycles. The number of amides is 1. The molecule has 0 aromatic carbocycles. The van der Waals surface area contributed by atoms with Crippen LogP contribution in [-0.4, -0.2) is 54.5 Å². The van der Waals surface area contributed by atoms with Crippen LogP contribution in [-0.2, 0) is 4.79 Å². The number of nitrogens with zero attached hydrogens (tertiary/aromatic N) is 2. The van der Waals surface area contributed by atoms with Crippen molar-refractivity contribution in [3.63, 3.8) is 0 Å². The number of carbonyl (C=O) groups is 1. The van der Waals surface area contributed by atoms with Gasteiger partial charge in [-0.15, -0.1) is 0 Å². The summed E-state index contributed by atoms with van der Waals surface area (Å²) in [7, 11) is 2.23. The van der Waals surface area contributed by atoms with Crippen LogP contribution in [0, 0.1) is 5.92 Å². The molecule has 17 heavy (non-hydrogen) atoms. The van der Waals surface area contributed by atoms with Gasteiger partial charge in [0.1, 0.15) is 0 Å². The van der Waals surface area contributed by atoms with E-state index in [0.717, 1.165) is 37.9 Å². The summed E-state index contributed by atoms with van der Waals surface area (Å²) in [6.45, 7) is 4.76. The second kappa shape index (κ2) is 5.36. The largest absolute Gasteiger partial charge is 0.341 e. The standard InChI is InChI=1S/C13H25N3O/c1-10(14)13(17)16-7-5-11(6-8-16)9-15(2)12-3-4-12/h10-12H,3-9,14H2,1-2H3/t10-/m0/s1. The first kappa shape index (κ1) is 12.8. The maximum absolute atomic E-state index is 11.7. The molecule has 1 saturated carbocycles. The predicted octanol–water partition coefficient (Wildman–Crippen LogP) is 0.666. The highest BCUT2D eigenvalue weighted by atomic mass is 16.2. The Bertz CT molecular complexity index is 268. The van der Waals surface area contributed by atoms with Crippen LogP contribution in [0.25, 0.3) is 0 Å². The summed E-state index contributed by atoms with van der Waals surface area (Å²) in [5, 5.41) is 0. The van der Waals surface area contributed by atoms with Crippen molar-refractivity contribution in [2.45, 2.75) is 44.7 Å². The van der Waals surface area contributed by atoms with Crippen molar-refractivity contribution < 1.29 is 4.79 Å². The number of piperidine rings is 1. The van der Waals surface area contributed by atoms with E-state index in [1.807, 2.05) is 4.90 Å². The van der Waals surface area contributed by atoms with Gasteiger partial charge in [0, 0.05) is 25.7 Å². The number of carbonyl (C=O) groups excluding carboxylic acids is 1. The molecular weight excluding hydrogens is 214 g/mol. The third-order valence-electron chi connectivity index (χ3n) is 4.03. The summed E-state index contributed by atoms with van der Waals surface area (Å²) < 4.78 is 0. The molecule has 4 nitrogen and oxygen atoms in total. The molecule has 2 rings (SSSR count). The van der Waals surface area contributed by atoms with E-state index in [1.165, 1.54) is 19.4 Å². The van der Waals surface area contributed by atoms with E-state index in [9.17, 15) is 4.79 Å². The van der Waals surface area contributed by atoms with Gasteiger partial charge in [-0.05, 0) is 45.6 Å². The van der Waals surface area contributed by atoms with E-state index in [-0.39, 0.29) is 11.9 Å². The van der Waals surface area contributed by atoms with E-state index in [1.54, 1.807) is 6.92 Å². The number of rotatable bonds is 4. The van der Waals surface area contributed by atoms with E-state index in [2.05, 4.69) is 11.9 Å². The minimum absolute atomic E-state index is 0.110. The van der Waals surface area contributed by atoms with Crippen molar-refractivity contribution in [1.82, 2.24) is 9.80 Å². The Kier molecular flexibility index (Phi) is 4.05.